The van der Waals surface area contributed by atoms with Crippen LogP contribution in [0.2, 0.25) is 0 Å². The lowest BCUT2D eigenvalue weighted by molar-refractivity contribution is 0.205. The lowest BCUT2D eigenvalue weighted by Gasteiger charge is -2.23. The van der Waals surface area contributed by atoms with E-state index in [0.717, 1.165) is 30.7 Å². The summed E-state index contributed by atoms with van der Waals surface area (Å²) in [6.45, 7) is 0.490. The maximum atomic E-state index is 13.2. The van der Waals surface area contributed by atoms with Crippen molar-refractivity contribution in [2.45, 2.75) is 25.4 Å². The van der Waals surface area contributed by atoms with E-state index in [1.54, 1.807) is 4.90 Å². The number of nitrogens with zero attached hydrogens (tertiary/aromatic N) is 2. The molecule has 1 N–H and O–H groups in total. The van der Waals surface area contributed by atoms with Gasteiger partial charge >= 0.3 is 6.03 Å². The van der Waals surface area contributed by atoms with Gasteiger partial charge in [-0.1, -0.05) is 0 Å². The highest BCUT2D eigenvalue weighted by Crippen LogP contribution is 2.29. The molecule has 1 saturated carbocycles. The molecule has 116 valence electrons. The summed E-state index contributed by atoms with van der Waals surface area (Å²) in [5.74, 6) is -1.90. The number of hydrogen-bond donors (Lipinski definition) is 1. The minimum absolute atomic E-state index is 0.209. The number of aromatic nitrogens is 1. The highest BCUT2D eigenvalue weighted by molar-refractivity contribution is 5.89. The number of benzene rings is 1. The van der Waals surface area contributed by atoms with E-state index in [1.807, 2.05) is 29.9 Å². The largest absolute Gasteiger partial charge is 0.353 e. The lowest BCUT2D eigenvalue weighted by atomic mass is 10.3. The van der Waals surface area contributed by atoms with Crippen LogP contribution in [-0.2, 0) is 13.6 Å². The standard InChI is InChI=1S/C16H17F2N3O/c1-20-8-2-3-13(20)10-21(12-5-6-12)16(22)19-11-4-7-14(17)15(18)9-11/h2-4,7-9,12H,5-6,10H2,1H3,(H,19,22). The Morgan fingerprint density at radius 1 is 1.32 bits per heavy atom. The summed E-state index contributed by atoms with van der Waals surface area (Å²) < 4.78 is 28.1. The maximum Gasteiger partial charge on any atom is 0.322 e. The topological polar surface area (TPSA) is 37.3 Å². The van der Waals surface area contributed by atoms with Crippen LogP contribution in [0, 0.1) is 11.6 Å². The van der Waals surface area contributed by atoms with Crippen LogP contribution in [0.4, 0.5) is 19.3 Å². The van der Waals surface area contributed by atoms with Crippen LogP contribution in [0.3, 0.4) is 0 Å². The predicted octanol–water partition coefficient (Wildman–Crippen LogP) is 3.50. The zero-order valence-corrected chi connectivity index (χ0v) is 12.2. The Morgan fingerprint density at radius 3 is 2.68 bits per heavy atom. The van der Waals surface area contributed by atoms with Crippen molar-refractivity contribution >= 4 is 11.7 Å². The van der Waals surface area contributed by atoms with Gasteiger partial charge in [-0.15, -0.1) is 0 Å². The first kappa shape index (κ1) is 14.6. The molecule has 0 spiro atoms. The van der Waals surface area contributed by atoms with Crippen molar-refractivity contribution in [3.63, 3.8) is 0 Å². The molecule has 0 atom stereocenters. The number of anilines is 1. The van der Waals surface area contributed by atoms with E-state index in [4.69, 9.17) is 0 Å². The van der Waals surface area contributed by atoms with Crippen LogP contribution in [0.25, 0.3) is 0 Å². The average molecular weight is 305 g/mol. The Bertz CT molecular complexity index is 694. The van der Waals surface area contributed by atoms with Crippen molar-refractivity contribution in [2.75, 3.05) is 5.32 Å². The number of rotatable bonds is 4. The third-order valence-electron chi connectivity index (χ3n) is 3.80. The summed E-state index contributed by atoms with van der Waals surface area (Å²) in [5, 5.41) is 2.63. The Labute approximate surface area is 127 Å². The van der Waals surface area contributed by atoms with Gasteiger partial charge in [-0.25, -0.2) is 13.6 Å². The Kier molecular flexibility index (Phi) is 3.83. The fourth-order valence-electron chi connectivity index (χ4n) is 2.36. The first-order chi connectivity index (χ1) is 10.5. The molecule has 1 aromatic heterocycles. The molecule has 3 rings (SSSR count). The molecule has 2 amide bonds. The SMILES string of the molecule is Cn1cccc1CN(C(=O)Nc1ccc(F)c(F)c1)C1CC1. The van der Waals surface area contributed by atoms with Crippen LogP contribution >= 0.6 is 0 Å². The molecule has 1 aliphatic carbocycles. The third kappa shape index (κ3) is 3.10. The van der Waals surface area contributed by atoms with Crippen LogP contribution in [0.15, 0.2) is 36.5 Å². The van der Waals surface area contributed by atoms with Gasteiger partial charge in [-0.2, -0.15) is 0 Å². The van der Waals surface area contributed by atoms with E-state index in [9.17, 15) is 13.6 Å². The molecule has 22 heavy (non-hydrogen) atoms. The summed E-state index contributed by atoms with van der Waals surface area (Å²) in [7, 11) is 1.92. The van der Waals surface area contributed by atoms with Gasteiger partial charge in [0.15, 0.2) is 11.6 Å². The van der Waals surface area contributed by atoms with E-state index >= 15 is 0 Å². The molecule has 0 aliphatic heterocycles. The second kappa shape index (κ2) is 5.79. The molecule has 6 heteroatoms. The van der Waals surface area contributed by atoms with Crippen molar-refractivity contribution in [1.29, 1.82) is 0 Å². The molecule has 0 unspecified atom stereocenters. The number of nitrogens with one attached hydrogen (secondary N) is 1. The molecule has 1 aromatic carbocycles. The fourth-order valence-corrected chi connectivity index (χ4v) is 2.36. The quantitative estimate of drug-likeness (QED) is 0.922. The Morgan fingerprint density at radius 2 is 2.09 bits per heavy atom. The first-order valence-electron chi connectivity index (χ1n) is 7.17. The normalized spacial score (nSPS) is 14.0. The number of carbonyl (C=O) groups excluding carboxylic acids is 1. The van der Waals surface area contributed by atoms with Gasteiger partial charge in [0.1, 0.15) is 0 Å². The van der Waals surface area contributed by atoms with Crippen molar-refractivity contribution in [1.82, 2.24) is 9.47 Å². The molecular formula is C16H17F2N3O. The number of hydrogen-bond acceptors (Lipinski definition) is 1. The average Bonchev–Trinajstić information content (AvgIpc) is 3.24. The Balaban J connectivity index is 1.72. The van der Waals surface area contributed by atoms with E-state index in [0.29, 0.717) is 6.54 Å². The number of amides is 2. The van der Waals surface area contributed by atoms with Crippen molar-refractivity contribution in [3.8, 4) is 0 Å². The highest BCUT2D eigenvalue weighted by atomic mass is 19.2. The highest BCUT2D eigenvalue weighted by Gasteiger charge is 2.33. The van der Waals surface area contributed by atoms with Gasteiger partial charge < -0.3 is 14.8 Å². The lowest BCUT2D eigenvalue weighted by Crippen LogP contribution is -2.36. The van der Waals surface area contributed by atoms with E-state index < -0.39 is 11.6 Å². The summed E-state index contributed by atoms with van der Waals surface area (Å²) in [4.78, 5) is 14.1. The molecule has 1 fully saturated rings. The molecule has 0 radical (unpaired) electrons. The smallest absolute Gasteiger partial charge is 0.322 e. The summed E-state index contributed by atoms with van der Waals surface area (Å²) >= 11 is 0. The molecular weight excluding hydrogens is 288 g/mol. The van der Waals surface area contributed by atoms with Crippen LogP contribution in [0.1, 0.15) is 18.5 Å². The predicted molar refractivity (Wildman–Crippen MR) is 79.4 cm³/mol. The number of halogens is 2. The van der Waals surface area contributed by atoms with Gasteiger partial charge in [0.05, 0.1) is 6.54 Å². The van der Waals surface area contributed by atoms with E-state index in [2.05, 4.69) is 5.32 Å². The van der Waals surface area contributed by atoms with E-state index in [1.165, 1.54) is 6.07 Å². The molecule has 0 bridgehead atoms. The molecule has 0 saturated heterocycles. The third-order valence-corrected chi connectivity index (χ3v) is 3.80. The Hall–Kier alpha value is -2.37. The molecule has 1 heterocycles. The van der Waals surface area contributed by atoms with Crippen molar-refractivity contribution in [2.24, 2.45) is 7.05 Å². The monoisotopic (exact) mass is 305 g/mol. The summed E-state index contributed by atoms with van der Waals surface area (Å²) in [6.07, 6.45) is 3.86. The van der Waals surface area contributed by atoms with Gasteiger partial charge in [0.2, 0.25) is 0 Å². The summed E-state index contributed by atoms with van der Waals surface area (Å²) in [5.41, 5.74) is 1.27. The maximum absolute atomic E-state index is 13.2. The van der Waals surface area contributed by atoms with Gasteiger partial charge in [-0.3, -0.25) is 0 Å². The number of aryl methyl sites for hydroxylation is 1. The minimum Gasteiger partial charge on any atom is -0.353 e. The second-order valence-corrected chi connectivity index (χ2v) is 5.53. The van der Waals surface area contributed by atoms with Gasteiger partial charge in [-0.05, 0) is 37.1 Å². The minimum atomic E-state index is -0.974. The zero-order chi connectivity index (χ0) is 15.7. The van der Waals surface area contributed by atoms with Crippen LogP contribution in [-0.4, -0.2) is 21.5 Å². The van der Waals surface area contributed by atoms with Gasteiger partial charge in [0.25, 0.3) is 0 Å². The molecule has 4 nitrogen and oxygen atoms in total. The first-order valence-corrected chi connectivity index (χ1v) is 7.17. The molecule has 2 aromatic rings. The van der Waals surface area contributed by atoms with Crippen LogP contribution in [0.5, 0.6) is 0 Å². The van der Waals surface area contributed by atoms with Gasteiger partial charge in [0, 0.05) is 36.7 Å². The fraction of sp³-hybridized carbons (Fsp3) is 0.312. The van der Waals surface area contributed by atoms with Crippen molar-refractivity contribution < 1.29 is 13.6 Å². The number of carbonyl (C=O) groups is 1. The molecule has 1 aliphatic rings. The second-order valence-electron chi connectivity index (χ2n) is 5.53. The van der Waals surface area contributed by atoms with Crippen molar-refractivity contribution in [3.05, 3.63) is 53.9 Å². The summed E-state index contributed by atoms with van der Waals surface area (Å²) in [6, 6.07) is 7.14. The van der Waals surface area contributed by atoms with E-state index in [-0.39, 0.29) is 17.8 Å². The zero-order valence-electron chi connectivity index (χ0n) is 12.2. The van der Waals surface area contributed by atoms with Crippen LogP contribution < -0.4 is 5.32 Å². The number of urea groups is 1.